The van der Waals surface area contributed by atoms with Gasteiger partial charge in [-0.2, -0.15) is 0 Å². The van der Waals surface area contributed by atoms with E-state index in [-0.39, 0.29) is 13.0 Å². The van der Waals surface area contributed by atoms with E-state index >= 15 is 0 Å². The molecule has 27 heavy (non-hydrogen) atoms. The molecule has 2 aromatic carbocycles. The third-order valence-electron chi connectivity index (χ3n) is 5.14. The number of thioether (sulfide) groups is 1. The van der Waals surface area contributed by atoms with E-state index in [2.05, 4.69) is 24.3 Å². The predicted molar refractivity (Wildman–Crippen MR) is 105 cm³/mol. The zero-order valence-corrected chi connectivity index (χ0v) is 16.0. The van der Waals surface area contributed by atoms with E-state index in [0.29, 0.717) is 12.2 Å². The summed E-state index contributed by atoms with van der Waals surface area (Å²) in [6.07, 6.45) is -1.41. The molecule has 1 aliphatic rings. The van der Waals surface area contributed by atoms with Crippen LogP contribution in [0.5, 0.6) is 5.75 Å². The Labute approximate surface area is 163 Å². The van der Waals surface area contributed by atoms with Crippen molar-refractivity contribution < 1.29 is 25.2 Å². The van der Waals surface area contributed by atoms with E-state index in [9.17, 15) is 20.4 Å². The molecule has 1 aliphatic carbocycles. The second-order valence-electron chi connectivity index (χ2n) is 6.94. The first-order valence-corrected chi connectivity index (χ1v) is 10.3. The van der Waals surface area contributed by atoms with Crippen LogP contribution in [0, 0.1) is 5.92 Å². The summed E-state index contributed by atoms with van der Waals surface area (Å²) in [6.45, 7) is -0.270. The number of para-hydroxylation sites is 1. The second-order valence-corrected chi connectivity index (χ2v) is 7.82. The number of benzene rings is 2. The SMILES string of the molecule is CSc1ccc(Cc2ccccc2O[C@@H]2C[C@H](CO)[C@@H](O)[C@H](O)[C@H]2O)cc1. The smallest absolute Gasteiger partial charge is 0.128 e. The van der Waals surface area contributed by atoms with Crippen LogP contribution in [0.25, 0.3) is 0 Å². The lowest BCUT2D eigenvalue weighted by atomic mass is 9.81. The lowest BCUT2D eigenvalue weighted by molar-refractivity contribution is -0.157. The van der Waals surface area contributed by atoms with Crippen LogP contribution in [0.1, 0.15) is 17.5 Å². The molecule has 0 aliphatic heterocycles. The van der Waals surface area contributed by atoms with Crippen LogP contribution in [-0.2, 0) is 6.42 Å². The average Bonchev–Trinajstić information content (AvgIpc) is 2.70. The average molecular weight is 391 g/mol. The minimum atomic E-state index is -1.34. The minimum Gasteiger partial charge on any atom is -0.487 e. The predicted octanol–water partition coefficient (Wildman–Crippen LogP) is 1.84. The highest BCUT2D eigenvalue weighted by molar-refractivity contribution is 7.98. The Balaban J connectivity index is 1.77. The van der Waals surface area contributed by atoms with E-state index in [4.69, 9.17) is 4.74 Å². The molecule has 2 aromatic rings. The van der Waals surface area contributed by atoms with Gasteiger partial charge in [0.05, 0.1) is 6.10 Å². The number of hydrogen-bond acceptors (Lipinski definition) is 6. The quantitative estimate of drug-likeness (QED) is 0.563. The third kappa shape index (κ3) is 4.65. The molecule has 0 amide bonds. The van der Waals surface area contributed by atoms with Gasteiger partial charge in [0.15, 0.2) is 0 Å². The van der Waals surface area contributed by atoms with Gasteiger partial charge >= 0.3 is 0 Å². The lowest BCUT2D eigenvalue weighted by Gasteiger charge is -2.39. The molecule has 0 spiro atoms. The highest BCUT2D eigenvalue weighted by Crippen LogP contribution is 2.31. The molecule has 0 bridgehead atoms. The van der Waals surface area contributed by atoms with Crippen LogP contribution < -0.4 is 4.74 Å². The molecule has 0 aromatic heterocycles. The fourth-order valence-electron chi connectivity index (χ4n) is 3.47. The largest absolute Gasteiger partial charge is 0.487 e. The first-order valence-electron chi connectivity index (χ1n) is 9.06. The van der Waals surface area contributed by atoms with Crippen molar-refractivity contribution in [2.24, 2.45) is 5.92 Å². The standard InChI is InChI=1S/C21H26O5S/c1-27-16-8-6-13(7-9-16)10-14-4-2-3-5-17(14)26-18-11-15(12-22)19(23)21(25)20(18)24/h2-9,15,18-25H,10-12H2,1H3/t15-,18-,19-,20+,21+/m1/s1. The summed E-state index contributed by atoms with van der Waals surface area (Å²) >= 11 is 1.70. The summed E-state index contributed by atoms with van der Waals surface area (Å²) in [5.41, 5.74) is 2.12. The Hall–Kier alpha value is -1.57. The zero-order chi connectivity index (χ0) is 19.4. The van der Waals surface area contributed by atoms with Crippen LogP contribution in [0.3, 0.4) is 0 Å². The number of rotatable bonds is 6. The zero-order valence-electron chi connectivity index (χ0n) is 15.2. The molecule has 0 heterocycles. The van der Waals surface area contributed by atoms with Crippen molar-refractivity contribution in [2.45, 2.75) is 42.2 Å². The van der Waals surface area contributed by atoms with Gasteiger partial charge in [0, 0.05) is 23.8 Å². The molecular formula is C21H26O5S. The Morgan fingerprint density at radius 1 is 0.963 bits per heavy atom. The molecule has 5 atom stereocenters. The van der Waals surface area contributed by atoms with Gasteiger partial charge in [-0.25, -0.2) is 0 Å². The number of aliphatic hydroxyl groups is 4. The van der Waals surface area contributed by atoms with E-state index in [0.717, 1.165) is 11.1 Å². The first kappa shape index (κ1) is 20.2. The topological polar surface area (TPSA) is 90.2 Å². The number of aliphatic hydroxyl groups excluding tert-OH is 4. The highest BCUT2D eigenvalue weighted by Gasteiger charge is 2.43. The first-order chi connectivity index (χ1) is 13.0. The van der Waals surface area contributed by atoms with Gasteiger partial charge in [-0.3, -0.25) is 0 Å². The van der Waals surface area contributed by atoms with E-state index in [1.165, 1.54) is 4.90 Å². The van der Waals surface area contributed by atoms with Crippen LogP contribution in [0.2, 0.25) is 0 Å². The lowest BCUT2D eigenvalue weighted by Crippen LogP contribution is -2.56. The molecule has 0 saturated heterocycles. The molecule has 146 valence electrons. The van der Waals surface area contributed by atoms with Gasteiger partial charge in [0.1, 0.15) is 24.1 Å². The van der Waals surface area contributed by atoms with Gasteiger partial charge in [0.2, 0.25) is 0 Å². The number of hydrogen-bond donors (Lipinski definition) is 4. The summed E-state index contributed by atoms with van der Waals surface area (Å²) in [7, 11) is 0. The fourth-order valence-corrected chi connectivity index (χ4v) is 3.88. The van der Waals surface area contributed by atoms with Gasteiger partial charge in [-0.1, -0.05) is 30.3 Å². The molecule has 3 rings (SSSR count). The van der Waals surface area contributed by atoms with Crippen molar-refractivity contribution >= 4 is 11.8 Å². The second kappa shape index (κ2) is 9.08. The number of ether oxygens (including phenoxy) is 1. The maximum Gasteiger partial charge on any atom is 0.128 e. The molecule has 5 nitrogen and oxygen atoms in total. The van der Waals surface area contributed by atoms with Crippen molar-refractivity contribution in [3.63, 3.8) is 0 Å². The monoisotopic (exact) mass is 390 g/mol. The molecule has 0 unspecified atom stereocenters. The Morgan fingerprint density at radius 3 is 2.33 bits per heavy atom. The summed E-state index contributed by atoms with van der Waals surface area (Å²) in [4.78, 5) is 1.20. The molecule has 6 heteroatoms. The summed E-state index contributed by atoms with van der Waals surface area (Å²) < 4.78 is 6.03. The molecule has 1 saturated carbocycles. The maximum absolute atomic E-state index is 10.3. The molecular weight excluding hydrogens is 364 g/mol. The summed E-state index contributed by atoms with van der Waals surface area (Å²) in [5.74, 6) is 0.107. The molecule has 4 N–H and O–H groups in total. The maximum atomic E-state index is 10.3. The summed E-state index contributed by atoms with van der Waals surface area (Å²) in [6, 6.07) is 15.9. The molecule has 0 radical (unpaired) electrons. The van der Waals surface area contributed by atoms with Crippen molar-refractivity contribution in [3.8, 4) is 5.75 Å². The van der Waals surface area contributed by atoms with Crippen molar-refractivity contribution in [3.05, 3.63) is 59.7 Å². The normalized spacial score (nSPS) is 28.1. The van der Waals surface area contributed by atoms with Gasteiger partial charge in [-0.15, -0.1) is 11.8 Å². The summed E-state index contributed by atoms with van der Waals surface area (Å²) in [5, 5.41) is 39.7. The van der Waals surface area contributed by atoms with Crippen LogP contribution in [0.15, 0.2) is 53.4 Å². The van der Waals surface area contributed by atoms with Gasteiger partial charge < -0.3 is 25.2 Å². The Morgan fingerprint density at radius 2 is 1.67 bits per heavy atom. The van der Waals surface area contributed by atoms with Crippen molar-refractivity contribution in [1.29, 1.82) is 0 Å². The van der Waals surface area contributed by atoms with Gasteiger partial charge in [-0.05, 0) is 42.0 Å². The highest BCUT2D eigenvalue weighted by atomic mass is 32.2. The van der Waals surface area contributed by atoms with Gasteiger partial charge in [0.25, 0.3) is 0 Å². The molecule has 1 fully saturated rings. The van der Waals surface area contributed by atoms with Crippen molar-refractivity contribution in [1.82, 2.24) is 0 Å². The van der Waals surface area contributed by atoms with Crippen LogP contribution in [0.4, 0.5) is 0 Å². The fraction of sp³-hybridized carbons (Fsp3) is 0.429. The van der Waals surface area contributed by atoms with E-state index < -0.39 is 30.3 Å². The Kier molecular flexibility index (Phi) is 6.78. The van der Waals surface area contributed by atoms with E-state index in [1.807, 2.05) is 30.5 Å². The third-order valence-corrected chi connectivity index (χ3v) is 5.88. The Bertz CT molecular complexity index is 734. The van der Waals surface area contributed by atoms with Crippen molar-refractivity contribution in [2.75, 3.05) is 12.9 Å². The van der Waals surface area contributed by atoms with Crippen LogP contribution in [-0.4, -0.2) is 57.7 Å². The van der Waals surface area contributed by atoms with Crippen LogP contribution >= 0.6 is 11.8 Å². The minimum absolute atomic E-state index is 0.270. The van der Waals surface area contributed by atoms with E-state index in [1.54, 1.807) is 11.8 Å².